The van der Waals surface area contributed by atoms with E-state index in [9.17, 15) is 9.59 Å². The molecule has 1 aliphatic heterocycles. The fourth-order valence-corrected chi connectivity index (χ4v) is 3.62. The van der Waals surface area contributed by atoms with Crippen LogP contribution in [0.4, 0.5) is 0 Å². The van der Waals surface area contributed by atoms with Crippen molar-refractivity contribution in [3.63, 3.8) is 0 Å². The molecule has 8 nitrogen and oxygen atoms in total. The van der Waals surface area contributed by atoms with Crippen LogP contribution in [-0.2, 0) is 12.0 Å². The number of piperidine rings is 1. The molecule has 2 aromatic heterocycles. The number of hydrogen-bond donors (Lipinski definition) is 1. The van der Waals surface area contributed by atoms with Crippen LogP contribution in [0.3, 0.4) is 0 Å². The number of nitrogens with zero attached hydrogens (tertiary/aromatic N) is 5. The van der Waals surface area contributed by atoms with Crippen molar-refractivity contribution in [2.24, 2.45) is 0 Å². The Bertz CT molecular complexity index is 838. The number of carboxylic acids is 1. The monoisotopic (exact) mass is 373 g/mol. The first-order chi connectivity index (χ1) is 12.7. The Morgan fingerprint density at radius 3 is 2.37 bits per heavy atom. The highest BCUT2D eigenvalue weighted by molar-refractivity contribution is 5.95. The van der Waals surface area contributed by atoms with Crippen molar-refractivity contribution in [1.29, 1.82) is 0 Å². The Hall–Kier alpha value is -2.64. The number of carbonyl (C=O) groups is 2. The van der Waals surface area contributed by atoms with E-state index in [-0.39, 0.29) is 23.1 Å². The van der Waals surface area contributed by atoms with Gasteiger partial charge in [0.25, 0.3) is 5.91 Å². The number of rotatable bonds is 4. The van der Waals surface area contributed by atoms with E-state index in [1.807, 2.05) is 16.5 Å². The molecule has 146 valence electrons. The molecule has 8 heteroatoms. The number of aromatic carboxylic acids is 1. The van der Waals surface area contributed by atoms with E-state index in [1.54, 1.807) is 17.1 Å². The highest BCUT2D eigenvalue weighted by Crippen LogP contribution is 2.25. The minimum Gasteiger partial charge on any atom is -0.478 e. The van der Waals surface area contributed by atoms with Gasteiger partial charge in [0.2, 0.25) is 0 Å². The van der Waals surface area contributed by atoms with Gasteiger partial charge < -0.3 is 10.0 Å². The number of amides is 1. The first-order valence-corrected chi connectivity index (χ1v) is 9.36. The zero-order chi connectivity index (χ0) is 19.8. The van der Waals surface area contributed by atoms with Gasteiger partial charge in [-0.15, -0.1) is 0 Å². The van der Waals surface area contributed by atoms with Gasteiger partial charge in [-0.1, -0.05) is 6.92 Å². The van der Waals surface area contributed by atoms with E-state index in [1.165, 1.54) is 6.20 Å². The van der Waals surface area contributed by atoms with E-state index < -0.39 is 5.97 Å². The first kappa shape index (κ1) is 19.1. The van der Waals surface area contributed by atoms with Crippen LogP contribution in [0.15, 0.2) is 18.6 Å². The van der Waals surface area contributed by atoms with Gasteiger partial charge in [-0.3, -0.25) is 14.2 Å². The number of carbonyl (C=O) groups excluding carboxylic acids is 1. The van der Waals surface area contributed by atoms with Crippen molar-refractivity contribution >= 4 is 11.9 Å². The molecule has 0 saturated carbocycles. The molecule has 0 spiro atoms. The molecule has 3 heterocycles. The van der Waals surface area contributed by atoms with Crippen molar-refractivity contribution in [1.82, 2.24) is 24.5 Å². The predicted molar refractivity (Wildman–Crippen MR) is 100.0 cm³/mol. The van der Waals surface area contributed by atoms with Crippen molar-refractivity contribution < 1.29 is 14.7 Å². The van der Waals surface area contributed by atoms with Gasteiger partial charge >= 0.3 is 5.97 Å². The fraction of sp³-hybridized carbons (Fsp3) is 0.579. The van der Waals surface area contributed by atoms with E-state index in [0.717, 1.165) is 25.0 Å². The number of carboxylic acid groups (broad SMARTS) is 1. The summed E-state index contributed by atoms with van der Waals surface area (Å²) in [7, 11) is 0. The average Bonchev–Trinajstić information content (AvgIpc) is 3.28. The highest BCUT2D eigenvalue weighted by Gasteiger charge is 2.29. The molecular formula is C19H27N5O3. The van der Waals surface area contributed by atoms with Crippen LogP contribution in [0, 0.1) is 0 Å². The lowest BCUT2D eigenvalue weighted by molar-refractivity contribution is 0.0687. The van der Waals surface area contributed by atoms with Crippen molar-refractivity contribution in [2.75, 3.05) is 13.1 Å². The molecule has 1 N–H and O–H groups in total. The van der Waals surface area contributed by atoms with Crippen molar-refractivity contribution in [2.45, 2.75) is 58.5 Å². The van der Waals surface area contributed by atoms with Crippen LogP contribution >= 0.6 is 0 Å². The summed E-state index contributed by atoms with van der Waals surface area (Å²) in [4.78, 5) is 25.9. The average molecular weight is 373 g/mol. The van der Waals surface area contributed by atoms with E-state index >= 15 is 0 Å². The smallest absolute Gasteiger partial charge is 0.338 e. The Kier molecular flexibility index (Phi) is 5.08. The van der Waals surface area contributed by atoms with E-state index in [0.29, 0.717) is 18.7 Å². The van der Waals surface area contributed by atoms with Crippen LogP contribution in [0.5, 0.6) is 0 Å². The molecule has 0 radical (unpaired) electrons. The number of likely N-dealkylation sites (tertiary alicyclic amines) is 1. The third-order valence-electron chi connectivity index (χ3n) is 5.04. The minimum absolute atomic E-state index is 0.0208. The van der Waals surface area contributed by atoms with Gasteiger partial charge in [0.1, 0.15) is 0 Å². The zero-order valence-electron chi connectivity index (χ0n) is 16.3. The summed E-state index contributed by atoms with van der Waals surface area (Å²) in [6.45, 7) is 9.52. The second-order valence-electron chi connectivity index (χ2n) is 7.98. The van der Waals surface area contributed by atoms with Crippen molar-refractivity contribution in [3.8, 4) is 0 Å². The van der Waals surface area contributed by atoms with Gasteiger partial charge in [-0.05, 0) is 40.0 Å². The summed E-state index contributed by atoms with van der Waals surface area (Å²) < 4.78 is 3.64. The van der Waals surface area contributed by atoms with Crippen LogP contribution in [0.25, 0.3) is 0 Å². The van der Waals surface area contributed by atoms with Gasteiger partial charge in [-0.2, -0.15) is 10.2 Å². The molecule has 1 amide bonds. The SMILES string of the molecule is CCc1c(C(=O)N2CCC(n3cc(C(=O)O)cn3)CC2)cnn1C(C)(C)C. The maximum Gasteiger partial charge on any atom is 0.338 e. The molecule has 2 aromatic rings. The molecule has 3 rings (SSSR count). The molecule has 0 bridgehead atoms. The second-order valence-corrected chi connectivity index (χ2v) is 7.98. The van der Waals surface area contributed by atoms with Gasteiger partial charge in [0.15, 0.2) is 0 Å². The lowest BCUT2D eigenvalue weighted by Gasteiger charge is -2.32. The Morgan fingerprint density at radius 2 is 1.85 bits per heavy atom. The second kappa shape index (κ2) is 7.17. The molecule has 0 aromatic carbocycles. The first-order valence-electron chi connectivity index (χ1n) is 9.36. The van der Waals surface area contributed by atoms with E-state index in [2.05, 4.69) is 31.0 Å². The van der Waals surface area contributed by atoms with Crippen LogP contribution in [0.1, 0.15) is 73.0 Å². The quantitative estimate of drug-likeness (QED) is 0.889. The molecule has 0 unspecified atom stereocenters. The van der Waals surface area contributed by atoms with E-state index in [4.69, 9.17) is 5.11 Å². The third-order valence-corrected chi connectivity index (χ3v) is 5.04. The molecule has 0 aliphatic carbocycles. The zero-order valence-corrected chi connectivity index (χ0v) is 16.3. The summed E-state index contributed by atoms with van der Waals surface area (Å²) in [5, 5.41) is 17.7. The van der Waals surface area contributed by atoms with Gasteiger partial charge in [0, 0.05) is 19.3 Å². The fourth-order valence-electron chi connectivity index (χ4n) is 3.62. The molecule has 1 fully saturated rings. The normalized spacial score (nSPS) is 15.9. The van der Waals surface area contributed by atoms with Crippen LogP contribution in [0.2, 0.25) is 0 Å². The summed E-state index contributed by atoms with van der Waals surface area (Å²) >= 11 is 0. The Morgan fingerprint density at radius 1 is 1.19 bits per heavy atom. The predicted octanol–water partition coefficient (Wildman–Crippen LogP) is 2.57. The van der Waals surface area contributed by atoms with Crippen LogP contribution in [-0.4, -0.2) is 54.5 Å². The van der Waals surface area contributed by atoms with Gasteiger partial charge in [-0.25, -0.2) is 4.79 Å². The minimum atomic E-state index is -0.975. The molecule has 1 aliphatic rings. The maximum absolute atomic E-state index is 13.0. The molecule has 0 atom stereocenters. The summed E-state index contributed by atoms with van der Waals surface area (Å²) in [6, 6.07) is 0.116. The Labute approximate surface area is 158 Å². The number of hydrogen-bond acceptors (Lipinski definition) is 4. The largest absolute Gasteiger partial charge is 0.478 e. The molecule has 1 saturated heterocycles. The van der Waals surface area contributed by atoms with Gasteiger partial charge in [0.05, 0.1) is 40.8 Å². The Balaban J connectivity index is 1.70. The summed E-state index contributed by atoms with van der Waals surface area (Å²) in [5.41, 5.74) is 1.67. The lowest BCUT2D eigenvalue weighted by atomic mass is 10.0. The van der Waals surface area contributed by atoms with Crippen molar-refractivity contribution in [3.05, 3.63) is 35.4 Å². The molecule has 27 heavy (non-hydrogen) atoms. The topological polar surface area (TPSA) is 93.2 Å². The maximum atomic E-state index is 13.0. The third kappa shape index (κ3) is 3.74. The molecular weight excluding hydrogens is 346 g/mol. The standard InChI is InChI=1S/C19H27N5O3/c1-5-16-15(11-21-24(16)19(2,3)4)17(25)22-8-6-14(7-9-22)23-12-13(10-20-23)18(26)27/h10-12,14H,5-9H2,1-4H3,(H,26,27). The summed E-state index contributed by atoms with van der Waals surface area (Å²) in [6.07, 6.45) is 6.87. The lowest BCUT2D eigenvalue weighted by Crippen LogP contribution is -2.39. The number of aromatic nitrogens is 4. The van der Waals surface area contributed by atoms with Crippen LogP contribution < -0.4 is 0 Å². The highest BCUT2D eigenvalue weighted by atomic mass is 16.4. The summed E-state index contributed by atoms with van der Waals surface area (Å²) in [5.74, 6) is -0.954.